The number of carbonyl (C=O) groups is 1. The summed E-state index contributed by atoms with van der Waals surface area (Å²) in [4.78, 5) is 12.1. The normalized spacial score (nSPS) is 20.0. The van der Waals surface area contributed by atoms with Crippen LogP contribution in [0, 0.1) is 23.1 Å². The maximum Gasteiger partial charge on any atom is 0.266 e. The van der Waals surface area contributed by atoms with Gasteiger partial charge < -0.3 is 9.73 Å². The summed E-state index contributed by atoms with van der Waals surface area (Å²) >= 11 is 0. The third-order valence-corrected chi connectivity index (χ3v) is 3.90. The van der Waals surface area contributed by atoms with Crippen molar-refractivity contribution < 1.29 is 13.6 Å². The molecule has 1 fully saturated rings. The van der Waals surface area contributed by atoms with E-state index in [9.17, 15) is 9.18 Å². The lowest BCUT2D eigenvalue weighted by atomic mass is 10.2. The van der Waals surface area contributed by atoms with Gasteiger partial charge in [-0.2, -0.15) is 5.26 Å². The minimum Gasteiger partial charge on any atom is -0.461 e. The van der Waals surface area contributed by atoms with E-state index in [1.165, 1.54) is 24.3 Å². The molecule has 1 N–H and O–H groups in total. The lowest BCUT2D eigenvalue weighted by Gasteiger charge is -2.04. The smallest absolute Gasteiger partial charge is 0.266 e. The van der Waals surface area contributed by atoms with Crippen molar-refractivity contribution in [2.24, 2.45) is 5.92 Å². The molecule has 2 atom stereocenters. The second-order valence-corrected chi connectivity index (χ2v) is 5.66. The summed E-state index contributed by atoms with van der Waals surface area (Å²) in [6, 6.07) is 11.2. The van der Waals surface area contributed by atoms with Gasteiger partial charge in [0.2, 0.25) is 0 Å². The van der Waals surface area contributed by atoms with Crippen molar-refractivity contribution in [2.45, 2.75) is 19.3 Å². The molecule has 1 heterocycles. The number of nitrogens with one attached hydrogen (secondary N) is 1. The standard InChI is InChI=1S/C18H15FN2O2/c1-11-8-14(11)17-7-6-13(23-17)9-12(10-20)18(22)21-16-5-3-2-4-15(16)19/h2-7,9,11,14H,8H2,1H3,(H,21,22)/b12-9+. The molecule has 2 unspecified atom stereocenters. The molecule has 0 aliphatic heterocycles. The Morgan fingerprint density at radius 1 is 1.39 bits per heavy atom. The molecule has 3 rings (SSSR count). The topological polar surface area (TPSA) is 66.0 Å². The predicted molar refractivity (Wildman–Crippen MR) is 83.8 cm³/mol. The molecule has 0 saturated heterocycles. The summed E-state index contributed by atoms with van der Waals surface area (Å²) in [5, 5.41) is 11.5. The van der Waals surface area contributed by atoms with E-state index < -0.39 is 11.7 Å². The zero-order chi connectivity index (χ0) is 16.4. The first-order chi connectivity index (χ1) is 11.1. The van der Waals surface area contributed by atoms with E-state index in [-0.39, 0.29) is 11.3 Å². The predicted octanol–water partition coefficient (Wildman–Crippen LogP) is 4.09. The Morgan fingerprint density at radius 3 is 2.78 bits per heavy atom. The van der Waals surface area contributed by atoms with Gasteiger partial charge in [0.05, 0.1) is 5.69 Å². The third kappa shape index (κ3) is 3.32. The van der Waals surface area contributed by atoms with Crippen LogP contribution in [-0.4, -0.2) is 5.91 Å². The largest absolute Gasteiger partial charge is 0.461 e. The highest BCUT2D eigenvalue weighted by molar-refractivity contribution is 6.09. The molecule has 0 bridgehead atoms. The Kier molecular flexibility index (Phi) is 3.98. The minimum absolute atomic E-state index is 0.0330. The highest BCUT2D eigenvalue weighted by atomic mass is 19.1. The van der Waals surface area contributed by atoms with Gasteiger partial charge in [-0.1, -0.05) is 19.1 Å². The molecule has 0 spiro atoms. The van der Waals surface area contributed by atoms with Gasteiger partial charge in [-0.25, -0.2) is 4.39 Å². The molecule has 1 aliphatic rings. The van der Waals surface area contributed by atoms with Crippen LogP contribution in [-0.2, 0) is 4.79 Å². The fourth-order valence-electron chi connectivity index (χ4n) is 2.41. The lowest BCUT2D eigenvalue weighted by molar-refractivity contribution is -0.112. The molecule has 1 aromatic heterocycles. The number of carbonyl (C=O) groups excluding carboxylic acids is 1. The maximum absolute atomic E-state index is 13.5. The van der Waals surface area contributed by atoms with Crippen molar-refractivity contribution >= 4 is 17.7 Å². The number of para-hydroxylation sites is 1. The summed E-state index contributed by atoms with van der Waals surface area (Å²) in [5.41, 5.74) is -0.108. The molecule has 1 aliphatic carbocycles. The van der Waals surface area contributed by atoms with Crippen molar-refractivity contribution in [3.05, 3.63) is 59.3 Å². The quantitative estimate of drug-likeness (QED) is 0.683. The van der Waals surface area contributed by atoms with Gasteiger partial charge in [0.1, 0.15) is 29.0 Å². The molecule has 116 valence electrons. The van der Waals surface area contributed by atoms with Crippen LogP contribution in [0.4, 0.5) is 10.1 Å². The van der Waals surface area contributed by atoms with Gasteiger partial charge >= 0.3 is 0 Å². The third-order valence-electron chi connectivity index (χ3n) is 3.90. The van der Waals surface area contributed by atoms with Crippen molar-refractivity contribution in [1.29, 1.82) is 5.26 Å². The highest BCUT2D eigenvalue weighted by Crippen LogP contribution is 2.47. The average Bonchev–Trinajstić information content (AvgIpc) is 3.09. The Morgan fingerprint density at radius 2 is 2.13 bits per heavy atom. The molecular formula is C18H15FN2O2. The first-order valence-electron chi connectivity index (χ1n) is 7.36. The summed E-state index contributed by atoms with van der Waals surface area (Å²) in [5.74, 6) is 1.12. The van der Waals surface area contributed by atoms with Crippen molar-refractivity contribution in [3.8, 4) is 6.07 Å². The van der Waals surface area contributed by atoms with E-state index in [1.807, 2.05) is 12.1 Å². The average molecular weight is 310 g/mol. The molecule has 23 heavy (non-hydrogen) atoms. The van der Waals surface area contributed by atoms with Gasteiger partial charge in [0.15, 0.2) is 0 Å². The molecule has 0 radical (unpaired) electrons. The Hall–Kier alpha value is -2.87. The van der Waals surface area contributed by atoms with Crippen molar-refractivity contribution in [1.82, 2.24) is 0 Å². The highest BCUT2D eigenvalue weighted by Gasteiger charge is 2.36. The number of furan rings is 1. The van der Waals surface area contributed by atoms with Gasteiger partial charge in [-0.15, -0.1) is 0 Å². The first-order valence-corrected chi connectivity index (χ1v) is 7.36. The molecule has 1 aromatic carbocycles. The van der Waals surface area contributed by atoms with Gasteiger partial charge in [-0.05, 0) is 36.6 Å². The van der Waals surface area contributed by atoms with E-state index in [0.29, 0.717) is 17.6 Å². The number of nitrogens with zero attached hydrogens (tertiary/aromatic N) is 1. The number of halogens is 1. The summed E-state index contributed by atoms with van der Waals surface area (Å²) in [7, 11) is 0. The second kappa shape index (κ2) is 6.09. The van der Waals surface area contributed by atoms with Crippen molar-refractivity contribution in [3.63, 3.8) is 0 Å². The number of benzene rings is 1. The zero-order valence-corrected chi connectivity index (χ0v) is 12.5. The Balaban J connectivity index is 1.76. The minimum atomic E-state index is -0.671. The molecule has 5 heteroatoms. The summed E-state index contributed by atoms with van der Waals surface area (Å²) in [6.07, 6.45) is 2.46. The van der Waals surface area contributed by atoms with Gasteiger partial charge in [0, 0.05) is 12.0 Å². The fourth-order valence-corrected chi connectivity index (χ4v) is 2.41. The molecule has 1 saturated carbocycles. The van der Waals surface area contributed by atoms with Crippen LogP contribution >= 0.6 is 0 Å². The lowest BCUT2D eigenvalue weighted by Crippen LogP contribution is -2.14. The number of rotatable bonds is 4. The Labute approximate surface area is 133 Å². The number of hydrogen-bond donors (Lipinski definition) is 1. The summed E-state index contributed by atoms with van der Waals surface area (Å²) in [6.45, 7) is 2.14. The van der Waals surface area contributed by atoms with Crippen LogP contribution in [0.15, 0.2) is 46.4 Å². The van der Waals surface area contributed by atoms with E-state index in [1.54, 1.807) is 12.1 Å². The van der Waals surface area contributed by atoms with Crippen molar-refractivity contribution in [2.75, 3.05) is 5.32 Å². The number of anilines is 1. The zero-order valence-electron chi connectivity index (χ0n) is 12.5. The van der Waals surface area contributed by atoms with Crippen LogP contribution < -0.4 is 5.32 Å². The number of hydrogen-bond acceptors (Lipinski definition) is 3. The van der Waals surface area contributed by atoms with Crippen LogP contribution in [0.5, 0.6) is 0 Å². The van der Waals surface area contributed by atoms with Gasteiger partial charge in [-0.3, -0.25) is 4.79 Å². The number of amides is 1. The van der Waals surface area contributed by atoms with Crippen LogP contribution in [0.3, 0.4) is 0 Å². The van der Waals surface area contributed by atoms with E-state index in [4.69, 9.17) is 9.68 Å². The summed E-state index contributed by atoms with van der Waals surface area (Å²) < 4.78 is 19.2. The first kappa shape index (κ1) is 15.0. The Bertz CT molecular complexity index is 816. The SMILES string of the molecule is CC1CC1c1ccc(/C=C(\C#N)C(=O)Nc2ccccc2F)o1. The van der Waals surface area contributed by atoms with E-state index >= 15 is 0 Å². The molecule has 2 aromatic rings. The molecular weight excluding hydrogens is 295 g/mol. The van der Waals surface area contributed by atoms with Gasteiger partial charge in [0.25, 0.3) is 5.91 Å². The molecule has 4 nitrogen and oxygen atoms in total. The second-order valence-electron chi connectivity index (χ2n) is 5.66. The molecule has 1 amide bonds. The van der Waals surface area contributed by atoms with Crippen LogP contribution in [0.25, 0.3) is 6.08 Å². The maximum atomic E-state index is 13.5. The monoisotopic (exact) mass is 310 g/mol. The van der Waals surface area contributed by atoms with Crippen LogP contribution in [0.2, 0.25) is 0 Å². The fraction of sp³-hybridized carbons (Fsp3) is 0.222. The van der Waals surface area contributed by atoms with Crippen LogP contribution in [0.1, 0.15) is 30.8 Å². The number of nitriles is 1. The van der Waals surface area contributed by atoms with E-state index in [2.05, 4.69) is 12.2 Å². The van der Waals surface area contributed by atoms with E-state index in [0.717, 1.165) is 12.2 Å².